The first-order valence-corrected chi connectivity index (χ1v) is 21.1. The van der Waals surface area contributed by atoms with Crippen LogP contribution in [0.1, 0.15) is 47.8 Å². The number of benzene rings is 6. The van der Waals surface area contributed by atoms with Gasteiger partial charge in [-0.3, -0.25) is 28.8 Å². The number of aliphatic hydroxyl groups is 2. The number of carboxylic acids is 1. The van der Waals surface area contributed by atoms with Crippen LogP contribution in [-0.4, -0.2) is 86.9 Å². The molecule has 0 radical (unpaired) electrons. The van der Waals surface area contributed by atoms with Gasteiger partial charge in [-0.05, 0) is 90.2 Å². The average molecular weight is 983 g/mol. The van der Waals surface area contributed by atoms with Crippen LogP contribution in [0.4, 0.5) is 17.6 Å². The third-order valence-corrected chi connectivity index (χ3v) is 9.82. The molecule has 0 saturated carbocycles. The van der Waals surface area contributed by atoms with Gasteiger partial charge >= 0.3 is 5.97 Å². The van der Waals surface area contributed by atoms with E-state index in [-0.39, 0.29) is 24.0 Å². The van der Waals surface area contributed by atoms with Gasteiger partial charge in [0.15, 0.2) is 6.10 Å². The lowest BCUT2D eigenvalue weighted by molar-refractivity contribution is -0.137. The molecule has 0 aliphatic rings. The molecule has 6 aromatic rings. The Morgan fingerprint density at radius 1 is 0.493 bits per heavy atom. The molecule has 13 N–H and O–H groups in total. The number of primary amides is 3. The van der Waals surface area contributed by atoms with Crippen molar-refractivity contribution in [1.82, 2.24) is 10.6 Å². The van der Waals surface area contributed by atoms with E-state index < -0.39 is 100 Å². The van der Waals surface area contributed by atoms with E-state index in [9.17, 15) is 61.3 Å². The van der Waals surface area contributed by atoms with Gasteiger partial charge in [-0.15, -0.1) is 0 Å². The number of carbonyl (C=O) groups excluding carboxylic acids is 6. The minimum Gasteiger partial charge on any atom is -0.478 e. The maximum Gasteiger partial charge on any atom is 0.338 e. The number of rotatable bonds is 17. The van der Waals surface area contributed by atoms with E-state index >= 15 is 0 Å². The van der Waals surface area contributed by atoms with Gasteiger partial charge in [0.05, 0.1) is 11.6 Å². The molecule has 16 nitrogen and oxygen atoms in total. The predicted octanol–water partition coefficient (Wildman–Crippen LogP) is 3.30. The van der Waals surface area contributed by atoms with Gasteiger partial charge in [0.2, 0.25) is 17.6 Å². The fraction of sp³-hybridized carbons (Fsp3) is 0.157. The van der Waals surface area contributed by atoms with Crippen molar-refractivity contribution in [3.63, 3.8) is 0 Å². The molecule has 0 aliphatic carbocycles. The Bertz CT molecular complexity index is 2710. The number of amides is 5. The number of aromatic carboxylic acids is 1. The number of aliphatic hydroxyl groups excluding tert-OH is 2. The molecule has 0 heterocycles. The van der Waals surface area contributed by atoms with E-state index in [1.807, 2.05) is 66.7 Å². The molecule has 0 spiro atoms. The maximum atomic E-state index is 12.9. The molecular weight excluding hydrogens is 933 g/mol. The molecule has 372 valence electrons. The highest BCUT2D eigenvalue weighted by molar-refractivity contribution is 6.38. The number of carboxylic acid groups (broad SMARTS) is 1. The summed E-state index contributed by atoms with van der Waals surface area (Å²) in [5.74, 6) is -9.00. The fourth-order valence-corrected chi connectivity index (χ4v) is 6.11. The average Bonchev–Trinajstić information content (AvgIpc) is 3.34. The molecule has 0 aliphatic heterocycles. The highest BCUT2D eigenvalue weighted by Gasteiger charge is 2.28. The van der Waals surface area contributed by atoms with Crippen LogP contribution in [0.2, 0.25) is 0 Å². The van der Waals surface area contributed by atoms with Crippen molar-refractivity contribution in [1.29, 1.82) is 0 Å². The first-order valence-electron chi connectivity index (χ1n) is 21.1. The van der Waals surface area contributed by atoms with Crippen molar-refractivity contribution in [3.8, 4) is 0 Å². The molecule has 5 amide bonds. The van der Waals surface area contributed by atoms with Crippen LogP contribution in [0, 0.1) is 23.3 Å². The van der Waals surface area contributed by atoms with Gasteiger partial charge in [-0.1, -0.05) is 91.0 Å². The van der Waals surface area contributed by atoms with E-state index in [0.29, 0.717) is 12.5 Å². The lowest BCUT2D eigenvalue weighted by Gasteiger charge is -2.22. The first kappa shape index (κ1) is 56.7. The van der Waals surface area contributed by atoms with E-state index in [2.05, 4.69) is 10.6 Å². The number of nitrogens with one attached hydrogen (secondary N) is 2. The van der Waals surface area contributed by atoms with E-state index in [4.69, 9.17) is 28.0 Å². The number of carbonyl (C=O) groups is 7. The summed E-state index contributed by atoms with van der Waals surface area (Å²) in [6, 6.07) is 36.9. The lowest BCUT2D eigenvalue weighted by Crippen LogP contribution is -2.50. The molecule has 0 aromatic heterocycles. The van der Waals surface area contributed by atoms with Gasteiger partial charge < -0.3 is 48.9 Å². The van der Waals surface area contributed by atoms with Gasteiger partial charge in [0, 0.05) is 29.7 Å². The Balaban J connectivity index is 0.000000261. The Kier molecular flexibility index (Phi) is 22.9. The number of halogens is 4. The molecule has 2 unspecified atom stereocenters. The first-order chi connectivity index (χ1) is 33.7. The normalized spacial score (nSPS) is 12.4. The highest BCUT2D eigenvalue weighted by atomic mass is 19.1. The number of hydrogen-bond acceptors (Lipinski definition) is 10. The Hall–Kier alpha value is -8.59. The molecule has 0 bridgehead atoms. The summed E-state index contributed by atoms with van der Waals surface area (Å²) in [5, 5.41) is 32.5. The maximum absolute atomic E-state index is 12.9. The van der Waals surface area contributed by atoms with Crippen molar-refractivity contribution in [2.75, 3.05) is 0 Å². The number of hydrogen-bond donors (Lipinski definition) is 9. The molecule has 0 fully saturated rings. The van der Waals surface area contributed by atoms with Gasteiger partial charge in [-0.2, -0.15) is 0 Å². The summed E-state index contributed by atoms with van der Waals surface area (Å²) in [7, 11) is 0. The van der Waals surface area contributed by atoms with Crippen molar-refractivity contribution in [3.05, 3.63) is 214 Å². The zero-order chi connectivity index (χ0) is 52.6. The predicted molar refractivity (Wildman–Crippen MR) is 252 cm³/mol. The Morgan fingerprint density at radius 2 is 0.887 bits per heavy atom. The second-order valence-corrected chi connectivity index (χ2v) is 15.2. The number of nitrogens with two attached hydrogens (primary N) is 4. The van der Waals surface area contributed by atoms with Crippen molar-refractivity contribution in [2.45, 2.75) is 49.6 Å². The van der Waals surface area contributed by atoms with Crippen LogP contribution in [0.25, 0.3) is 0 Å². The highest BCUT2D eigenvalue weighted by Crippen LogP contribution is 2.12. The number of ketones is 1. The standard InChI is InChI=1S/C17H17FN2O3.C17H15FN2O3.C10H14N2O2.C7H4F2O2/c2*18-13-8-6-12(7-9-13)17(23)20-14(15(21)16(19)22)10-11-4-2-1-3-5-11;11-8(9(13)10(12)14)6-7-4-2-1-3-5-7;8-4-1-2-5(7(10)11)6(9)3-4/h1-9,14-15,21H,10H2,(H2,19,22)(H,20,23);1-9,14H,10H2,(H2,19,22)(H,20,23);1-5,8-9,13H,6,11H2,(H2,12,14);1-3H,(H,10,11)/t14-,15?;14-;8-,9?;/m000./s1. The van der Waals surface area contributed by atoms with E-state index in [1.54, 1.807) is 24.3 Å². The minimum absolute atomic E-state index is 0.134. The summed E-state index contributed by atoms with van der Waals surface area (Å²) < 4.78 is 50.4. The van der Waals surface area contributed by atoms with Gasteiger partial charge in [0.1, 0.15) is 35.4 Å². The van der Waals surface area contributed by atoms with Crippen LogP contribution in [-0.2, 0) is 38.4 Å². The van der Waals surface area contributed by atoms with Crippen LogP contribution >= 0.6 is 0 Å². The minimum atomic E-state index is -1.53. The summed E-state index contributed by atoms with van der Waals surface area (Å²) in [6.45, 7) is 0. The summed E-state index contributed by atoms with van der Waals surface area (Å²) in [4.78, 5) is 79.5. The SMILES string of the molecule is NC(=O)C(=O)[C@H](Cc1ccccc1)NC(=O)c1ccc(F)cc1.NC(=O)C(O)[C@@H](N)Cc1ccccc1.NC(=O)C(O)[C@H](Cc1ccccc1)NC(=O)c1ccc(F)cc1.O=C(O)c1ccc(F)cc1F. The molecular formula is C51H50F4N6O10. The third kappa shape index (κ3) is 19.9. The van der Waals surface area contributed by atoms with Gasteiger partial charge in [0.25, 0.3) is 17.7 Å². The van der Waals surface area contributed by atoms with Crippen molar-refractivity contribution >= 4 is 41.3 Å². The summed E-state index contributed by atoms with van der Waals surface area (Å²) >= 11 is 0. The van der Waals surface area contributed by atoms with Crippen LogP contribution in [0.5, 0.6) is 0 Å². The topological polar surface area (TPSA) is 308 Å². The van der Waals surface area contributed by atoms with Crippen LogP contribution < -0.4 is 33.6 Å². The monoisotopic (exact) mass is 982 g/mol. The van der Waals surface area contributed by atoms with Crippen molar-refractivity contribution in [2.24, 2.45) is 22.9 Å². The quantitative estimate of drug-likeness (QED) is 0.0472. The summed E-state index contributed by atoms with van der Waals surface area (Å²) in [6.07, 6.45) is -2.01. The molecule has 0 saturated heterocycles. The van der Waals surface area contributed by atoms with E-state index in [1.165, 1.54) is 24.3 Å². The number of Topliss-reactive ketones (excluding diaryl/α,β-unsaturated/α-hetero) is 1. The molecule has 5 atom stereocenters. The van der Waals surface area contributed by atoms with Gasteiger partial charge in [-0.25, -0.2) is 22.4 Å². The molecule has 71 heavy (non-hydrogen) atoms. The van der Waals surface area contributed by atoms with Crippen LogP contribution in [0.15, 0.2) is 158 Å². The Labute approximate surface area is 404 Å². The van der Waals surface area contributed by atoms with E-state index in [0.717, 1.165) is 53.1 Å². The third-order valence-electron chi connectivity index (χ3n) is 9.82. The largest absolute Gasteiger partial charge is 0.478 e. The lowest BCUT2D eigenvalue weighted by atomic mass is 10.00. The second-order valence-electron chi connectivity index (χ2n) is 15.2. The molecule has 6 rings (SSSR count). The summed E-state index contributed by atoms with van der Waals surface area (Å²) in [5.41, 5.74) is 23.1. The Morgan fingerprint density at radius 3 is 1.28 bits per heavy atom. The zero-order valence-electron chi connectivity index (χ0n) is 37.5. The smallest absolute Gasteiger partial charge is 0.338 e. The molecule has 6 aromatic carbocycles. The molecule has 20 heteroatoms. The van der Waals surface area contributed by atoms with Crippen LogP contribution in [0.3, 0.4) is 0 Å². The zero-order valence-corrected chi connectivity index (χ0v) is 37.5. The fourth-order valence-electron chi connectivity index (χ4n) is 6.11. The van der Waals surface area contributed by atoms with Crippen molar-refractivity contribution < 1.29 is 66.4 Å². The second kappa shape index (κ2) is 28.7.